The van der Waals surface area contributed by atoms with Gasteiger partial charge < -0.3 is 14.9 Å². The molecule has 0 aromatic carbocycles. The lowest BCUT2D eigenvalue weighted by Gasteiger charge is -2.06. The Hall–Kier alpha value is -0.120. The summed E-state index contributed by atoms with van der Waals surface area (Å²) < 4.78 is 5.18. The quantitative estimate of drug-likeness (QED) is 0.146. The first-order valence-corrected chi connectivity index (χ1v) is 14.1. The molecular weight excluding hydrogens is 384 g/mol. The Morgan fingerprint density at radius 1 is 0.516 bits per heavy atom. The molecule has 0 aromatic rings. The van der Waals surface area contributed by atoms with Crippen LogP contribution in [0.3, 0.4) is 0 Å². The zero-order valence-electron chi connectivity index (χ0n) is 21.9. The van der Waals surface area contributed by atoms with Gasteiger partial charge in [0, 0.05) is 13.2 Å². The maximum absolute atomic E-state index is 9.22. The molecule has 3 nitrogen and oxygen atoms in total. The molecule has 0 aliphatic heterocycles. The zero-order valence-corrected chi connectivity index (χ0v) is 21.9. The fourth-order valence-electron chi connectivity index (χ4n) is 3.79. The van der Waals surface area contributed by atoms with E-state index in [-0.39, 0.29) is 6.61 Å². The first kappa shape index (κ1) is 33.1. The fraction of sp³-hybridized carbons (Fsp3) is 1.00. The summed E-state index contributed by atoms with van der Waals surface area (Å²) in [6.45, 7) is 8.28. The Bertz CT molecular complexity index is 277. The second kappa shape index (κ2) is 32.1. The van der Waals surface area contributed by atoms with Crippen molar-refractivity contribution < 1.29 is 14.9 Å². The summed E-state index contributed by atoms with van der Waals surface area (Å²) in [6, 6.07) is 0. The van der Waals surface area contributed by atoms with Gasteiger partial charge in [0.25, 0.3) is 0 Å². The highest BCUT2D eigenvalue weighted by atomic mass is 16.5. The van der Waals surface area contributed by atoms with E-state index in [1.54, 1.807) is 0 Å². The number of unbranched alkanes of at least 4 members (excludes halogenated alkanes) is 18. The van der Waals surface area contributed by atoms with Crippen molar-refractivity contribution in [3.63, 3.8) is 0 Å². The molecule has 31 heavy (non-hydrogen) atoms. The van der Waals surface area contributed by atoms with Crippen molar-refractivity contribution in [1.82, 2.24) is 0 Å². The van der Waals surface area contributed by atoms with Crippen LogP contribution in [0.1, 0.15) is 156 Å². The second-order valence-corrected chi connectivity index (χ2v) is 9.19. The summed E-state index contributed by atoms with van der Waals surface area (Å²) in [5, 5.41) is 17.9. The van der Waals surface area contributed by atoms with Crippen LogP contribution in [0.25, 0.3) is 0 Å². The van der Waals surface area contributed by atoms with Crippen LogP contribution in [0.4, 0.5) is 0 Å². The van der Waals surface area contributed by atoms with Crippen molar-refractivity contribution in [2.24, 2.45) is 0 Å². The number of hydrogen-bond donors (Lipinski definition) is 2. The Morgan fingerprint density at radius 3 is 1.23 bits per heavy atom. The summed E-state index contributed by atoms with van der Waals surface area (Å²) in [6.07, 6.45) is 27.4. The lowest BCUT2D eigenvalue weighted by atomic mass is 10.0. The molecule has 0 bridgehead atoms. The molecule has 0 saturated heterocycles. The van der Waals surface area contributed by atoms with Gasteiger partial charge in [-0.25, -0.2) is 0 Å². The molecule has 0 radical (unpaired) electrons. The van der Waals surface area contributed by atoms with Crippen molar-refractivity contribution >= 4 is 0 Å². The van der Waals surface area contributed by atoms with Gasteiger partial charge in [-0.2, -0.15) is 0 Å². The van der Waals surface area contributed by atoms with E-state index in [1.807, 2.05) is 6.92 Å². The number of hydrogen-bond acceptors (Lipinski definition) is 3. The highest BCUT2D eigenvalue weighted by Crippen LogP contribution is 2.14. The predicted molar refractivity (Wildman–Crippen MR) is 138 cm³/mol. The Kier molecular flexibility index (Phi) is 34.2. The molecule has 3 heteroatoms. The summed E-state index contributed by atoms with van der Waals surface area (Å²) in [7, 11) is 0. The number of aliphatic hydroxyl groups excluding tert-OH is 2. The molecule has 0 rings (SSSR count). The van der Waals surface area contributed by atoms with Gasteiger partial charge in [-0.1, -0.05) is 136 Å². The molecular formula is C28H60O3. The Labute approximate surface area is 196 Å². The van der Waals surface area contributed by atoms with Gasteiger partial charge in [-0.3, -0.25) is 0 Å². The Morgan fingerprint density at radius 2 is 0.871 bits per heavy atom. The molecule has 0 aromatic heterocycles. The maximum atomic E-state index is 9.22. The molecule has 0 aliphatic rings. The summed E-state index contributed by atoms with van der Waals surface area (Å²) in [5.74, 6) is 0. The average molecular weight is 445 g/mol. The van der Waals surface area contributed by atoms with Gasteiger partial charge in [0.05, 0.1) is 12.7 Å². The van der Waals surface area contributed by atoms with Crippen molar-refractivity contribution in [1.29, 1.82) is 0 Å². The largest absolute Gasteiger partial charge is 0.394 e. The third kappa shape index (κ3) is 34.7. The van der Waals surface area contributed by atoms with Crippen LogP contribution in [0.2, 0.25) is 0 Å². The molecule has 0 saturated carbocycles. The van der Waals surface area contributed by atoms with E-state index in [9.17, 15) is 5.11 Å². The molecule has 0 spiro atoms. The number of aliphatic hydroxyl groups is 2. The van der Waals surface area contributed by atoms with E-state index in [1.165, 1.54) is 122 Å². The van der Waals surface area contributed by atoms with Crippen LogP contribution in [0.5, 0.6) is 0 Å². The normalized spacial score (nSPS) is 11.9. The molecule has 1 unspecified atom stereocenters. The fourth-order valence-corrected chi connectivity index (χ4v) is 3.79. The predicted octanol–water partition coefficient (Wildman–Crippen LogP) is 8.59. The molecule has 0 heterocycles. The van der Waals surface area contributed by atoms with Crippen LogP contribution < -0.4 is 0 Å². The van der Waals surface area contributed by atoms with Gasteiger partial charge in [0.2, 0.25) is 0 Å². The van der Waals surface area contributed by atoms with Crippen molar-refractivity contribution in [3.05, 3.63) is 0 Å². The van der Waals surface area contributed by atoms with Crippen molar-refractivity contribution in [2.75, 3.05) is 19.8 Å². The molecule has 0 fully saturated rings. The maximum Gasteiger partial charge on any atom is 0.0770 e. The molecule has 1 atom stereocenters. The third-order valence-corrected chi connectivity index (χ3v) is 5.95. The topological polar surface area (TPSA) is 49.7 Å². The molecule has 190 valence electrons. The second-order valence-electron chi connectivity index (χ2n) is 9.19. The summed E-state index contributed by atoms with van der Waals surface area (Å²) in [5.41, 5.74) is 0. The van der Waals surface area contributed by atoms with E-state index in [4.69, 9.17) is 9.84 Å². The Balaban J connectivity index is 0. The van der Waals surface area contributed by atoms with E-state index < -0.39 is 6.10 Å². The van der Waals surface area contributed by atoms with Crippen molar-refractivity contribution in [2.45, 2.75) is 162 Å². The SMILES string of the molecule is CCCCCCCCCCCCCCCCCCC(O)CO.CCCCCCOCC. The van der Waals surface area contributed by atoms with Crippen LogP contribution in [0.15, 0.2) is 0 Å². The van der Waals surface area contributed by atoms with Gasteiger partial charge in [-0.15, -0.1) is 0 Å². The summed E-state index contributed by atoms with van der Waals surface area (Å²) >= 11 is 0. The average Bonchev–Trinajstić information content (AvgIpc) is 2.79. The zero-order chi connectivity index (χ0) is 23.3. The van der Waals surface area contributed by atoms with Gasteiger partial charge in [0.1, 0.15) is 0 Å². The minimum absolute atomic E-state index is 0.0846. The smallest absolute Gasteiger partial charge is 0.0770 e. The number of rotatable bonds is 24. The van der Waals surface area contributed by atoms with E-state index >= 15 is 0 Å². The molecule has 2 N–H and O–H groups in total. The van der Waals surface area contributed by atoms with Gasteiger partial charge >= 0.3 is 0 Å². The summed E-state index contributed by atoms with van der Waals surface area (Å²) in [4.78, 5) is 0. The highest BCUT2D eigenvalue weighted by Gasteiger charge is 2.00. The van der Waals surface area contributed by atoms with Crippen LogP contribution >= 0.6 is 0 Å². The monoisotopic (exact) mass is 444 g/mol. The van der Waals surface area contributed by atoms with Crippen LogP contribution in [-0.2, 0) is 4.74 Å². The first-order chi connectivity index (χ1) is 15.2. The molecule has 0 amide bonds. The van der Waals surface area contributed by atoms with E-state index in [0.717, 1.165) is 26.1 Å². The minimum Gasteiger partial charge on any atom is -0.394 e. The standard InChI is InChI=1S/C20H42O2.C8H18O/c1-2-3-4-5-6-7-8-9-10-11-12-13-14-15-16-17-18-20(22)19-21;1-3-5-6-7-8-9-4-2/h20-22H,2-19H2,1H3;3-8H2,1-2H3. The highest BCUT2D eigenvalue weighted by molar-refractivity contribution is 4.54. The lowest BCUT2D eigenvalue weighted by molar-refractivity contribution is 0.0860. The lowest BCUT2D eigenvalue weighted by Crippen LogP contribution is -2.10. The minimum atomic E-state index is -0.494. The van der Waals surface area contributed by atoms with Crippen molar-refractivity contribution in [3.8, 4) is 0 Å². The third-order valence-electron chi connectivity index (χ3n) is 5.95. The van der Waals surface area contributed by atoms with E-state index in [0.29, 0.717) is 0 Å². The number of ether oxygens (including phenoxy) is 1. The van der Waals surface area contributed by atoms with E-state index in [2.05, 4.69) is 13.8 Å². The van der Waals surface area contributed by atoms with Gasteiger partial charge in [-0.05, 0) is 19.8 Å². The van der Waals surface area contributed by atoms with Crippen LogP contribution in [-0.4, -0.2) is 36.1 Å². The van der Waals surface area contributed by atoms with Gasteiger partial charge in [0.15, 0.2) is 0 Å². The first-order valence-electron chi connectivity index (χ1n) is 14.1. The van der Waals surface area contributed by atoms with Crippen LogP contribution in [0, 0.1) is 0 Å². The molecule has 0 aliphatic carbocycles.